The molecule has 0 bridgehead atoms. The second-order valence-corrected chi connectivity index (χ2v) is 6.81. The fourth-order valence-electron chi connectivity index (χ4n) is 2.55. The Morgan fingerprint density at radius 3 is 2.44 bits per heavy atom. The molecule has 0 N–H and O–H groups in total. The molecule has 0 aliphatic rings. The summed E-state index contributed by atoms with van der Waals surface area (Å²) in [5.74, 6) is 0.222. The van der Waals surface area contributed by atoms with Crippen LogP contribution in [0.15, 0.2) is 71.7 Å². The zero-order chi connectivity index (χ0) is 19.1. The molecular formula is C21H19BrN2O3. The van der Waals surface area contributed by atoms with Crippen LogP contribution in [0, 0.1) is 0 Å². The summed E-state index contributed by atoms with van der Waals surface area (Å²) in [5, 5.41) is 4.93. The molecule has 2 aromatic carbocycles. The van der Waals surface area contributed by atoms with Gasteiger partial charge >= 0.3 is 0 Å². The average Bonchev–Trinajstić information content (AvgIpc) is 2.70. The smallest absolute Gasteiger partial charge is 0.270 e. The van der Waals surface area contributed by atoms with Crippen LogP contribution in [0.2, 0.25) is 0 Å². The van der Waals surface area contributed by atoms with Crippen molar-refractivity contribution in [2.75, 3.05) is 5.33 Å². The minimum Gasteiger partial charge on any atom is -0.487 e. The number of Topliss-reactive ketones (excluding diaryl/α,β-unsaturated/α-hetero) is 1. The Bertz CT molecular complexity index is 953. The van der Waals surface area contributed by atoms with Crippen LogP contribution in [0.5, 0.6) is 5.75 Å². The first-order chi connectivity index (χ1) is 13.2. The SMILES string of the molecule is O=C(Cn1ncc(OCc2ccccc2)cc1=O)c1ccc(CCBr)cc1. The number of aromatic nitrogens is 2. The predicted octanol–water partition coefficient (Wildman–Crippen LogP) is 3.64. The van der Waals surface area contributed by atoms with Crippen molar-refractivity contribution in [2.24, 2.45) is 0 Å². The third kappa shape index (κ3) is 5.37. The number of hydrogen-bond acceptors (Lipinski definition) is 4. The van der Waals surface area contributed by atoms with Crippen molar-refractivity contribution in [3.8, 4) is 5.75 Å². The lowest BCUT2D eigenvalue weighted by atomic mass is 10.1. The number of halogens is 1. The Labute approximate surface area is 165 Å². The maximum absolute atomic E-state index is 12.4. The Morgan fingerprint density at radius 1 is 1.04 bits per heavy atom. The van der Waals surface area contributed by atoms with Gasteiger partial charge in [0.05, 0.1) is 6.20 Å². The van der Waals surface area contributed by atoms with Crippen LogP contribution < -0.4 is 10.3 Å². The van der Waals surface area contributed by atoms with E-state index >= 15 is 0 Å². The first-order valence-corrected chi connectivity index (χ1v) is 9.70. The molecule has 0 atom stereocenters. The number of ether oxygens (including phenoxy) is 1. The number of carbonyl (C=O) groups is 1. The van der Waals surface area contributed by atoms with E-state index in [0.29, 0.717) is 17.9 Å². The van der Waals surface area contributed by atoms with Gasteiger partial charge in [-0.1, -0.05) is 70.5 Å². The minimum absolute atomic E-state index is 0.102. The number of rotatable bonds is 8. The fraction of sp³-hybridized carbons (Fsp3) is 0.190. The summed E-state index contributed by atoms with van der Waals surface area (Å²) in [6, 6.07) is 18.4. The van der Waals surface area contributed by atoms with Crippen LogP contribution in [0.1, 0.15) is 21.5 Å². The molecule has 0 saturated carbocycles. The summed E-state index contributed by atoms with van der Waals surface area (Å²) < 4.78 is 6.73. The van der Waals surface area contributed by atoms with Gasteiger partial charge in [-0.05, 0) is 17.5 Å². The molecule has 6 heteroatoms. The number of nitrogens with zero attached hydrogens (tertiary/aromatic N) is 2. The van der Waals surface area contributed by atoms with Gasteiger partial charge in [0.1, 0.15) is 18.9 Å². The van der Waals surface area contributed by atoms with Gasteiger partial charge in [0.15, 0.2) is 5.78 Å². The lowest BCUT2D eigenvalue weighted by Gasteiger charge is -2.08. The molecule has 27 heavy (non-hydrogen) atoms. The maximum atomic E-state index is 12.4. The number of hydrogen-bond donors (Lipinski definition) is 0. The Morgan fingerprint density at radius 2 is 1.78 bits per heavy atom. The van der Waals surface area contributed by atoms with Crippen molar-refractivity contribution in [1.82, 2.24) is 9.78 Å². The molecule has 3 aromatic rings. The van der Waals surface area contributed by atoms with Crippen molar-refractivity contribution in [2.45, 2.75) is 19.6 Å². The van der Waals surface area contributed by atoms with Crippen LogP contribution in [-0.4, -0.2) is 20.9 Å². The summed E-state index contributed by atoms with van der Waals surface area (Å²) in [6.45, 7) is 0.251. The van der Waals surface area contributed by atoms with Crippen molar-refractivity contribution in [1.29, 1.82) is 0 Å². The van der Waals surface area contributed by atoms with Gasteiger partial charge in [0, 0.05) is 17.0 Å². The maximum Gasteiger partial charge on any atom is 0.270 e. The molecule has 0 spiro atoms. The molecule has 5 nitrogen and oxygen atoms in total. The number of aryl methyl sites for hydroxylation is 1. The van der Waals surface area contributed by atoms with Gasteiger partial charge in [-0.25, -0.2) is 4.68 Å². The first-order valence-electron chi connectivity index (χ1n) is 8.58. The van der Waals surface area contributed by atoms with Crippen LogP contribution in [0.3, 0.4) is 0 Å². The van der Waals surface area contributed by atoms with Crippen LogP contribution in [-0.2, 0) is 19.6 Å². The van der Waals surface area contributed by atoms with Crippen LogP contribution in [0.25, 0.3) is 0 Å². The number of benzene rings is 2. The molecule has 1 heterocycles. The Balaban J connectivity index is 1.63. The van der Waals surface area contributed by atoms with Gasteiger partial charge in [-0.3, -0.25) is 9.59 Å². The monoisotopic (exact) mass is 426 g/mol. The van der Waals surface area contributed by atoms with E-state index in [0.717, 1.165) is 27.6 Å². The summed E-state index contributed by atoms with van der Waals surface area (Å²) in [5.41, 5.74) is 2.34. The highest BCUT2D eigenvalue weighted by atomic mass is 79.9. The van der Waals surface area contributed by atoms with Gasteiger partial charge in [0.25, 0.3) is 5.56 Å². The van der Waals surface area contributed by atoms with E-state index in [1.165, 1.54) is 12.3 Å². The first kappa shape index (κ1) is 19.0. The minimum atomic E-state index is -0.371. The zero-order valence-corrected chi connectivity index (χ0v) is 16.3. The quantitative estimate of drug-likeness (QED) is 0.407. The van der Waals surface area contributed by atoms with Crippen molar-refractivity contribution in [3.63, 3.8) is 0 Å². The largest absolute Gasteiger partial charge is 0.487 e. The standard InChI is InChI=1S/C21H19BrN2O3/c22-11-10-16-6-8-18(9-7-16)20(25)14-24-21(26)12-19(13-23-24)27-15-17-4-2-1-3-5-17/h1-9,12-13H,10-11,14-15H2. The average molecular weight is 427 g/mol. The molecule has 0 saturated heterocycles. The van der Waals surface area contributed by atoms with E-state index < -0.39 is 0 Å². The molecule has 1 aromatic heterocycles. The lowest BCUT2D eigenvalue weighted by Crippen LogP contribution is -2.26. The topological polar surface area (TPSA) is 61.2 Å². The van der Waals surface area contributed by atoms with Gasteiger partial charge in [-0.15, -0.1) is 0 Å². The van der Waals surface area contributed by atoms with E-state index in [1.54, 1.807) is 12.1 Å². The third-order valence-corrected chi connectivity index (χ3v) is 4.44. The van der Waals surface area contributed by atoms with E-state index in [-0.39, 0.29) is 17.9 Å². The highest BCUT2D eigenvalue weighted by molar-refractivity contribution is 9.09. The highest BCUT2D eigenvalue weighted by Crippen LogP contribution is 2.10. The summed E-state index contributed by atoms with van der Waals surface area (Å²) >= 11 is 3.39. The Kier molecular flexibility index (Phi) is 6.54. The highest BCUT2D eigenvalue weighted by Gasteiger charge is 2.10. The van der Waals surface area contributed by atoms with E-state index in [4.69, 9.17) is 4.74 Å². The van der Waals surface area contributed by atoms with Gasteiger partial charge in [0.2, 0.25) is 0 Å². The van der Waals surface area contributed by atoms with Crippen molar-refractivity contribution < 1.29 is 9.53 Å². The third-order valence-electron chi connectivity index (χ3n) is 4.05. The van der Waals surface area contributed by atoms with Gasteiger partial charge < -0.3 is 4.74 Å². The van der Waals surface area contributed by atoms with Gasteiger partial charge in [-0.2, -0.15) is 5.10 Å². The number of carbonyl (C=O) groups excluding carboxylic acids is 1. The second kappa shape index (κ2) is 9.28. The molecule has 0 unspecified atom stereocenters. The van der Waals surface area contributed by atoms with Crippen molar-refractivity contribution >= 4 is 21.7 Å². The Hall–Kier alpha value is -2.73. The summed E-state index contributed by atoms with van der Waals surface area (Å²) in [4.78, 5) is 24.6. The predicted molar refractivity (Wildman–Crippen MR) is 108 cm³/mol. The van der Waals surface area contributed by atoms with Crippen LogP contribution in [0.4, 0.5) is 0 Å². The van der Waals surface area contributed by atoms with E-state index in [9.17, 15) is 9.59 Å². The normalized spacial score (nSPS) is 10.6. The number of ketones is 1. The fourth-order valence-corrected chi connectivity index (χ4v) is 3.01. The molecular weight excluding hydrogens is 408 g/mol. The zero-order valence-electron chi connectivity index (χ0n) is 14.7. The van der Waals surface area contributed by atoms with E-state index in [1.807, 2.05) is 42.5 Å². The second-order valence-electron chi connectivity index (χ2n) is 6.02. The number of alkyl halides is 1. The van der Waals surface area contributed by atoms with E-state index in [2.05, 4.69) is 21.0 Å². The summed E-state index contributed by atoms with van der Waals surface area (Å²) in [6.07, 6.45) is 2.36. The molecule has 3 rings (SSSR count). The molecule has 0 aliphatic carbocycles. The molecule has 138 valence electrons. The van der Waals surface area contributed by atoms with Crippen molar-refractivity contribution in [3.05, 3.63) is 93.9 Å². The molecule has 0 amide bonds. The van der Waals surface area contributed by atoms with Crippen LogP contribution >= 0.6 is 15.9 Å². The molecule has 0 fully saturated rings. The molecule has 0 aliphatic heterocycles. The summed E-state index contributed by atoms with van der Waals surface area (Å²) in [7, 11) is 0. The lowest BCUT2D eigenvalue weighted by molar-refractivity contribution is 0.0965. The molecule has 0 radical (unpaired) electrons.